The molecule has 2 aromatic carbocycles. The highest BCUT2D eigenvalue weighted by atomic mass is 19.1. The summed E-state index contributed by atoms with van der Waals surface area (Å²) in [5.74, 6) is 0.565. The van der Waals surface area contributed by atoms with Crippen molar-refractivity contribution in [2.75, 3.05) is 29.4 Å². The number of para-hydroxylation sites is 1. The minimum atomic E-state index is -0.230. The standard InChI is InChI=1S/C22H21FN4O/c1-16(28)17-5-4-6-18(13-17)21-15-26(20-8-3-2-7-19(20)23)11-12-27(21)22-14-24-9-10-25-22/h2-10,13-14,21H,11-12,15H2,1H3. The third-order valence-corrected chi connectivity index (χ3v) is 5.10. The number of Topliss-reactive ketones (excluding diaryl/α,β-unsaturated/α-hetero) is 1. The second-order valence-corrected chi connectivity index (χ2v) is 6.85. The first-order valence-electron chi connectivity index (χ1n) is 9.26. The highest BCUT2D eigenvalue weighted by Gasteiger charge is 2.30. The van der Waals surface area contributed by atoms with Gasteiger partial charge in [0.25, 0.3) is 0 Å². The fraction of sp³-hybridized carbons (Fsp3) is 0.227. The number of hydrogen-bond donors (Lipinski definition) is 0. The Hall–Kier alpha value is -3.28. The van der Waals surface area contributed by atoms with E-state index in [1.165, 1.54) is 6.07 Å². The molecule has 142 valence electrons. The molecule has 0 bridgehead atoms. The molecule has 0 aliphatic carbocycles. The van der Waals surface area contributed by atoms with Crippen molar-refractivity contribution in [2.24, 2.45) is 0 Å². The molecule has 0 amide bonds. The Kier molecular flexibility index (Phi) is 5.02. The molecule has 1 aromatic heterocycles. The SMILES string of the molecule is CC(=O)c1cccc(C2CN(c3ccccc3F)CCN2c2cnccn2)c1. The lowest BCUT2D eigenvalue weighted by Gasteiger charge is -2.43. The van der Waals surface area contributed by atoms with Gasteiger partial charge in [0, 0.05) is 37.6 Å². The van der Waals surface area contributed by atoms with Gasteiger partial charge in [-0.1, -0.05) is 30.3 Å². The Morgan fingerprint density at radius 3 is 2.71 bits per heavy atom. The van der Waals surface area contributed by atoms with Crippen molar-refractivity contribution in [3.63, 3.8) is 0 Å². The fourth-order valence-corrected chi connectivity index (χ4v) is 3.67. The summed E-state index contributed by atoms with van der Waals surface area (Å²) in [6.45, 7) is 3.48. The number of anilines is 2. The first kappa shape index (κ1) is 18.1. The van der Waals surface area contributed by atoms with Crippen LogP contribution >= 0.6 is 0 Å². The van der Waals surface area contributed by atoms with Crippen molar-refractivity contribution in [1.82, 2.24) is 9.97 Å². The maximum Gasteiger partial charge on any atom is 0.159 e. The quantitative estimate of drug-likeness (QED) is 0.647. The molecule has 1 aliphatic rings. The Morgan fingerprint density at radius 2 is 1.96 bits per heavy atom. The molecule has 0 N–H and O–H groups in total. The third kappa shape index (κ3) is 3.58. The minimum Gasteiger partial charge on any atom is -0.365 e. The number of piperazine rings is 1. The maximum absolute atomic E-state index is 14.4. The Morgan fingerprint density at radius 1 is 1.11 bits per heavy atom. The van der Waals surface area contributed by atoms with Gasteiger partial charge in [0.1, 0.15) is 11.6 Å². The van der Waals surface area contributed by atoms with Crippen molar-refractivity contribution in [1.29, 1.82) is 0 Å². The zero-order chi connectivity index (χ0) is 19.5. The molecule has 0 radical (unpaired) electrons. The van der Waals surface area contributed by atoms with Crippen LogP contribution in [0.4, 0.5) is 15.9 Å². The van der Waals surface area contributed by atoms with Gasteiger partial charge in [-0.3, -0.25) is 9.78 Å². The lowest BCUT2D eigenvalue weighted by molar-refractivity contribution is 0.101. The van der Waals surface area contributed by atoms with E-state index in [1.807, 2.05) is 35.2 Å². The van der Waals surface area contributed by atoms with Gasteiger partial charge in [-0.25, -0.2) is 9.37 Å². The topological polar surface area (TPSA) is 49.3 Å². The Bertz CT molecular complexity index is 979. The van der Waals surface area contributed by atoms with Gasteiger partial charge >= 0.3 is 0 Å². The van der Waals surface area contributed by atoms with Crippen LogP contribution in [-0.2, 0) is 0 Å². The third-order valence-electron chi connectivity index (χ3n) is 5.10. The zero-order valence-corrected chi connectivity index (χ0v) is 15.6. The molecular formula is C22H21FN4O. The van der Waals surface area contributed by atoms with Crippen LogP contribution in [0.5, 0.6) is 0 Å². The van der Waals surface area contributed by atoms with Gasteiger partial charge in [-0.05, 0) is 30.7 Å². The van der Waals surface area contributed by atoms with Crippen LogP contribution < -0.4 is 9.80 Å². The molecule has 1 fully saturated rings. The van der Waals surface area contributed by atoms with E-state index < -0.39 is 0 Å². The van der Waals surface area contributed by atoms with Crippen LogP contribution in [-0.4, -0.2) is 35.4 Å². The van der Waals surface area contributed by atoms with Crippen molar-refractivity contribution in [3.05, 3.63) is 84.1 Å². The van der Waals surface area contributed by atoms with Crippen LogP contribution in [0.15, 0.2) is 67.1 Å². The van der Waals surface area contributed by atoms with Crippen molar-refractivity contribution >= 4 is 17.3 Å². The molecule has 1 saturated heterocycles. The summed E-state index contributed by atoms with van der Waals surface area (Å²) in [7, 11) is 0. The van der Waals surface area contributed by atoms with Crippen LogP contribution in [0.2, 0.25) is 0 Å². The number of aromatic nitrogens is 2. The van der Waals surface area contributed by atoms with Gasteiger partial charge in [-0.15, -0.1) is 0 Å². The summed E-state index contributed by atoms with van der Waals surface area (Å²) in [4.78, 5) is 24.7. The molecule has 0 saturated carbocycles. The normalized spacial score (nSPS) is 16.9. The maximum atomic E-state index is 14.4. The van der Waals surface area contributed by atoms with Gasteiger partial charge in [0.05, 0.1) is 17.9 Å². The Labute approximate surface area is 163 Å². The number of halogens is 1. The molecule has 5 nitrogen and oxygen atoms in total. The molecule has 6 heteroatoms. The second kappa shape index (κ2) is 7.76. The van der Waals surface area contributed by atoms with E-state index in [1.54, 1.807) is 37.6 Å². The summed E-state index contributed by atoms with van der Waals surface area (Å²) in [5.41, 5.74) is 2.26. The molecule has 1 aliphatic heterocycles. The van der Waals surface area contributed by atoms with Crippen LogP contribution in [0.25, 0.3) is 0 Å². The molecular weight excluding hydrogens is 355 g/mol. The number of hydrogen-bond acceptors (Lipinski definition) is 5. The number of ketones is 1. The summed E-state index contributed by atoms with van der Waals surface area (Å²) < 4.78 is 14.4. The summed E-state index contributed by atoms with van der Waals surface area (Å²) in [6, 6.07) is 14.4. The molecule has 1 unspecified atom stereocenters. The highest BCUT2D eigenvalue weighted by molar-refractivity contribution is 5.94. The molecule has 3 aromatic rings. The lowest BCUT2D eigenvalue weighted by Crippen LogP contribution is -2.49. The largest absolute Gasteiger partial charge is 0.365 e. The van der Waals surface area contributed by atoms with E-state index in [-0.39, 0.29) is 17.6 Å². The smallest absolute Gasteiger partial charge is 0.159 e. The average Bonchev–Trinajstić information content (AvgIpc) is 2.74. The van der Waals surface area contributed by atoms with Crippen molar-refractivity contribution < 1.29 is 9.18 Å². The predicted octanol–water partition coefficient (Wildman–Crippen LogP) is 3.89. The predicted molar refractivity (Wildman–Crippen MR) is 107 cm³/mol. The number of nitrogens with zero attached hydrogens (tertiary/aromatic N) is 4. The van der Waals surface area contributed by atoms with E-state index in [2.05, 4.69) is 14.9 Å². The van der Waals surface area contributed by atoms with E-state index >= 15 is 0 Å². The van der Waals surface area contributed by atoms with Crippen molar-refractivity contribution in [3.8, 4) is 0 Å². The van der Waals surface area contributed by atoms with Crippen LogP contribution in [0.1, 0.15) is 28.9 Å². The summed E-state index contributed by atoms with van der Waals surface area (Å²) >= 11 is 0. The Balaban J connectivity index is 1.72. The van der Waals surface area contributed by atoms with Gasteiger partial charge in [0.2, 0.25) is 0 Å². The first-order valence-corrected chi connectivity index (χ1v) is 9.26. The number of carbonyl (C=O) groups excluding carboxylic acids is 1. The van der Waals surface area contributed by atoms with Gasteiger partial charge < -0.3 is 9.80 Å². The summed E-state index contributed by atoms with van der Waals surface area (Å²) in [5, 5.41) is 0. The fourth-order valence-electron chi connectivity index (χ4n) is 3.67. The lowest BCUT2D eigenvalue weighted by atomic mass is 9.98. The number of benzene rings is 2. The summed E-state index contributed by atoms with van der Waals surface area (Å²) in [6.07, 6.45) is 5.05. The minimum absolute atomic E-state index is 0.0228. The average molecular weight is 376 g/mol. The zero-order valence-electron chi connectivity index (χ0n) is 15.6. The van der Waals surface area contributed by atoms with Gasteiger partial charge in [-0.2, -0.15) is 0 Å². The number of rotatable bonds is 4. The molecule has 4 rings (SSSR count). The monoisotopic (exact) mass is 376 g/mol. The molecule has 28 heavy (non-hydrogen) atoms. The van der Waals surface area contributed by atoms with Gasteiger partial charge in [0.15, 0.2) is 5.78 Å². The van der Waals surface area contributed by atoms with E-state index in [4.69, 9.17) is 0 Å². The van der Waals surface area contributed by atoms with Crippen LogP contribution in [0.3, 0.4) is 0 Å². The second-order valence-electron chi connectivity index (χ2n) is 6.85. The van der Waals surface area contributed by atoms with Crippen molar-refractivity contribution in [2.45, 2.75) is 13.0 Å². The molecule has 0 spiro atoms. The van der Waals surface area contributed by atoms with E-state index in [9.17, 15) is 9.18 Å². The van der Waals surface area contributed by atoms with E-state index in [0.29, 0.717) is 30.9 Å². The van der Waals surface area contributed by atoms with Crippen LogP contribution in [0, 0.1) is 5.82 Å². The first-order chi connectivity index (χ1) is 13.6. The van der Waals surface area contributed by atoms with E-state index in [0.717, 1.165) is 11.4 Å². The number of carbonyl (C=O) groups is 1. The highest BCUT2D eigenvalue weighted by Crippen LogP contribution is 2.32. The molecule has 1 atom stereocenters. The molecule has 2 heterocycles.